The highest BCUT2D eigenvalue weighted by Crippen LogP contribution is 2.32. The fourth-order valence-electron chi connectivity index (χ4n) is 4.38. The van der Waals surface area contributed by atoms with Crippen LogP contribution in [0.3, 0.4) is 0 Å². The molecule has 4 rings (SSSR count). The van der Waals surface area contributed by atoms with E-state index in [1.165, 1.54) is 12.1 Å². The first-order chi connectivity index (χ1) is 15.0. The number of hydrogen-bond donors (Lipinski definition) is 1. The minimum atomic E-state index is -0.484. The van der Waals surface area contributed by atoms with Gasteiger partial charge in [-0.05, 0) is 84.1 Å². The van der Waals surface area contributed by atoms with Crippen LogP contribution in [0.1, 0.15) is 36.5 Å². The van der Waals surface area contributed by atoms with Crippen LogP contribution in [0.5, 0.6) is 0 Å². The molecule has 5 heteroatoms. The van der Waals surface area contributed by atoms with Crippen molar-refractivity contribution in [3.63, 3.8) is 0 Å². The number of benzene rings is 3. The molecule has 0 radical (unpaired) electrons. The highest BCUT2D eigenvalue weighted by molar-refractivity contribution is 6.31. The summed E-state index contributed by atoms with van der Waals surface area (Å²) in [5, 5.41) is 13.8. The predicted octanol–water partition coefficient (Wildman–Crippen LogP) is 5.58. The third-order valence-electron chi connectivity index (χ3n) is 6.27. The molecule has 0 amide bonds. The average molecular weight is 440 g/mol. The molecule has 162 valence electrons. The summed E-state index contributed by atoms with van der Waals surface area (Å²) in [7, 11) is 0. The highest BCUT2D eigenvalue weighted by Gasteiger charge is 2.26. The average Bonchev–Trinajstić information content (AvgIpc) is 2.79. The molecule has 0 saturated carbocycles. The van der Waals surface area contributed by atoms with Crippen LogP contribution in [0.25, 0.3) is 10.8 Å². The molecule has 1 aliphatic rings. The minimum Gasteiger partial charge on any atom is -0.388 e. The Morgan fingerprint density at radius 3 is 2.45 bits per heavy atom. The van der Waals surface area contributed by atoms with Gasteiger partial charge in [-0.1, -0.05) is 41.9 Å². The zero-order valence-electron chi connectivity index (χ0n) is 17.4. The van der Waals surface area contributed by atoms with E-state index < -0.39 is 6.10 Å². The molecular formula is C26H27ClFNO2. The van der Waals surface area contributed by atoms with Crippen LogP contribution in [0.15, 0.2) is 60.7 Å². The van der Waals surface area contributed by atoms with Crippen molar-refractivity contribution in [1.82, 2.24) is 4.90 Å². The molecule has 1 atom stereocenters. The first kappa shape index (κ1) is 21.9. The van der Waals surface area contributed by atoms with Crippen molar-refractivity contribution in [2.45, 2.75) is 31.8 Å². The van der Waals surface area contributed by atoms with Crippen molar-refractivity contribution in [1.29, 1.82) is 0 Å². The van der Waals surface area contributed by atoms with Crippen molar-refractivity contribution in [2.24, 2.45) is 5.92 Å². The zero-order chi connectivity index (χ0) is 21.8. The van der Waals surface area contributed by atoms with Crippen molar-refractivity contribution < 1.29 is 14.3 Å². The van der Waals surface area contributed by atoms with Crippen LogP contribution >= 0.6 is 11.6 Å². The van der Waals surface area contributed by atoms with Gasteiger partial charge in [-0.25, -0.2) is 4.39 Å². The molecule has 1 N–H and O–H groups in total. The van der Waals surface area contributed by atoms with E-state index in [-0.39, 0.29) is 17.5 Å². The molecule has 1 fully saturated rings. The standard InChI is InChI=1S/C26H27ClFNO2/c27-23-6-5-20-16-22(4-3-21(20)17-23)26(31)19-9-12-29(13-10-19)14-11-25(30)15-18-1-7-24(28)8-2-18/h1-8,16-17,19,26,31H,9-15H2. The van der Waals surface area contributed by atoms with Crippen LogP contribution in [-0.2, 0) is 11.2 Å². The lowest BCUT2D eigenvalue weighted by molar-refractivity contribution is -0.118. The number of aliphatic hydroxyl groups is 1. The molecule has 3 nitrogen and oxygen atoms in total. The van der Waals surface area contributed by atoms with E-state index in [4.69, 9.17) is 11.6 Å². The quantitative estimate of drug-likeness (QED) is 0.522. The zero-order valence-corrected chi connectivity index (χ0v) is 18.2. The smallest absolute Gasteiger partial charge is 0.138 e. The maximum Gasteiger partial charge on any atom is 0.138 e. The normalized spacial score (nSPS) is 16.5. The Labute approximate surface area is 187 Å². The number of aliphatic hydroxyl groups excluding tert-OH is 1. The number of nitrogens with zero attached hydrogens (tertiary/aromatic N) is 1. The fourth-order valence-corrected chi connectivity index (χ4v) is 4.57. The van der Waals surface area contributed by atoms with Gasteiger partial charge in [-0.15, -0.1) is 0 Å². The highest BCUT2D eigenvalue weighted by atomic mass is 35.5. The van der Waals surface area contributed by atoms with Crippen LogP contribution in [-0.4, -0.2) is 35.4 Å². The topological polar surface area (TPSA) is 40.5 Å². The van der Waals surface area contributed by atoms with Gasteiger partial charge in [0.2, 0.25) is 0 Å². The second-order valence-corrected chi connectivity index (χ2v) is 8.90. The number of likely N-dealkylation sites (tertiary alicyclic amines) is 1. The molecular weight excluding hydrogens is 413 g/mol. The Kier molecular flexibility index (Phi) is 7.01. The van der Waals surface area contributed by atoms with E-state index in [1.807, 2.05) is 30.3 Å². The van der Waals surface area contributed by atoms with Crippen LogP contribution in [0.4, 0.5) is 4.39 Å². The van der Waals surface area contributed by atoms with Crippen LogP contribution < -0.4 is 0 Å². The second-order valence-electron chi connectivity index (χ2n) is 8.47. The van der Waals surface area contributed by atoms with Gasteiger partial charge in [0.15, 0.2) is 0 Å². The number of hydrogen-bond acceptors (Lipinski definition) is 3. The summed E-state index contributed by atoms with van der Waals surface area (Å²) in [4.78, 5) is 14.6. The van der Waals surface area contributed by atoms with Crippen molar-refractivity contribution in [3.8, 4) is 0 Å². The van der Waals surface area contributed by atoms with Crippen LogP contribution in [0.2, 0.25) is 5.02 Å². The number of piperidine rings is 1. The lowest BCUT2D eigenvalue weighted by atomic mass is 9.86. The molecule has 1 aliphatic heterocycles. The number of halogens is 2. The molecule has 3 aromatic rings. The van der Waals surface area contributed by atoms with Gasteiger partial charge in [-0.3, -0.25) is 4.79 Å². The molecule has 3 aromatic carbocycles. The largest absolute Gasteiger partial charge is 0.388 e. The number of ketones is 1. The summed E-state index contributed by atoms with van der Waals surface area (Å²) < 4.78 is 13.0. The molecule has 31 heavy (non-hydrogen) atoms. The summed E-state index contributed by atoms with van der Waals surface area (Å²) in [6, 6.07) is 18.0. The monoisotopic (exact) mass is 439 g/mol. The van der Waals surface area contributed by atoms with Gasteiger partial charge in [-0.2, -0.15) is 0 Å². The van der Waals surface area contributed by atoms with E-state index in [0.29, 0.717) is 17.9 Å². The first-order valence-corrected chi connectivity index (χ1v) is 11.2. The lowest BCUT2D eigenvalue weighted by Crippen LogP contribution is -2.37. The molecule has 1 unspecified atom stereocenters. The Hall–Kier alpha value is -2.27. The maximum absolute atomic E-state index is 13.0. The Bertz CT molecular complexity index is 1040. The summed E-state index contributed by atoms with van der Waals surface area (Å²) in [6.45, 7) is 2.50. The summed E-state index contributed by atoms with van der Waals surface area (Å²) in [5.74, 6) is 0.107. The van der Waals surface area contributed by atoms with Crippen molar-refractivity contribution >= 4 is 28.2 Å². The Morgan fingerprint density at radius 2 is 1.71 bits per heavy atom. The number of carbonyl (C=O) groups is 1. The molecule has 1 heterocycles. The second kappa shape index (κ2) is 9.90. The summed E-state index contributed by atoms with van der Waals surface area (Å²) >= 11 is 6.06. The maximum atomic E-state index is 13.0. The number of Topliss-reactive ketones (excluding diaryl/α,β-unsaturated/α-hetero) is 1. The SMILES string of the molecule is O=C(CCN1CCC(C(O)c2ccc3cc(Cl)ccc3c2)CC1)Cc1ccc(F)cc1. The Morgan fingerprint density at radius 1 is 1.03 bits per heavy atom. The molecule has 0 aliphatic carbocycles. The van der Waals surface area contributed by atoms with Crippen LogP contribution in [0, 0.1) is 11.7 Å². The molecule has 1 saturated heterocycles. The fraction of sp³-hybridized carbons (Fsp3) is 0.346. The van der Waals surface area contributed by atoms with E-state index in [2.05, 4.69) is 11.0 Å². The minimum absolute atomic E-state index is 0.171. The van der Waals surface area contributed by atoms with E-state index in [9.17, 15) is 14.3 Å². The van der Waals surface area contributed by atoms with E-state index in [1.54, 1.807) is 12.1 Å². The number of rotatable bonds is 7. The molecule has 0 bridgehead atoms. The molecule has 0 aromatic heterocycles. The number of carbonyl (C=O) groups excluding carboxylic acids is 1. The summed E-state index contributed by atoms with van der Waals surface area (Å²) in [5.41, 5.74) is 1.80. The number of fused-ring (bicyclic) bond motifs is 1. The van der Waals surface area contributed by atoms with Gasteiger partial charge < -0.3 is 10.0 Å². The van der Waals surface area contributed by atoms with Crippen molar-refractivity contribution in [3.05, 3.63) is 82.6 Å². The van der Waals surface area contributed by atoms with Gasteiger partial charge in [0.25, 0.3) is 0 Å². The third-order valence-corrected chi connectivity index (χ3v) is 6.50. The Balaban J connectivity index is 1.25. The van der Waals surface area contributed by atoms with Gasteiger partial charge >= 0.3 is 0 Å². The summed E-state index contributed by atoms with van der Waals surface area (Å²) in [6.07, 6.45) is 2.18. The third kappa shape index (κ3) is 5.70. The van der Waals surface area contributed by atoms with Gasteiger partial charge in [0.1, 0.15) is 11.6 Å². The van der Waals surface area contributed by atoms with Gasteiger partial charge in [0, 0.05) is 24.4 Å². The van der Waals surface area contributed by atoms with E-state index in [0.717, 1.165) is 54.4 Å². The van der Waals surface area contributed by atoms with Gasteiger partial charge in [0.05, 0.1) is 6.10 Å². The predicted molar refractivity (Wildman–Crippen MR) is 123 cm³/mol. The first-order valence-electron chi connectivity index (χ1n) is 10.8. The lowest BCUT2D eigenvalue weighted by Gasteiger charge is -2.34. The molecule has 0 spiro atoms. The van der Waals surface area contributed by atoms with Crippen molar-refractivity contribution in [2.75, 3.05) is 19.6 Å². The van der Waals surface area contributed by atoms with E-state index >= 15 is 0 Å².